The van der Waals surface area contributed by atoms with Gasteiger partial charge in [0.1, 0.15) is 5.76 Å². The number of amides is 2. The first-order valence-corrected chi connectivity index (χ1v) is 10.8. The van der Waals surface area contributed by atoms with Gasteiger partial charge < -0.3 is 4.42 Å². The molecule has 4 rings (SSSR count). The Hall–Kier alpha value is -3.37. The van der Waals surface area contributed by atoms with Crippen LogP contribution in [0.15, 0.2) is 69.7 Å². The van der Waals surface area contributed by atoms with Gasteiger partial charge in [-0.1, -0.05) is 36.0 Å². The fourth-order valence-corrected chi connectivity index (χ4v) is 4.10. The zero-order valence-corrected chi connectivity index (χ0v) is 17.5. The van der Waals surface area contributed by atoms with Crippen LogP contribution in [-0.2, 0) is 4.79 Å². The number of furan rings is 1. The van der Waals surface area contributed by atoms with Gasteiger partial charge in [0.2, 0.25) is 5.91 Å². The summed E-state index contributed by atoms with van der Waals surface area (Å²) in [6, 6.07) is 14.9. The molecule has 2 N–H and O–H groups in total. The predicted octanol–water partition coefficient (Wildman–Crippen LogP) is 3.45. The zero-order chi connectivity index (χ0) is 20.9. The number of aromatic nitrogens is 3. The van der Waals surface area contributed by atoms with Crippen molar-refractivity contribution in [3.63, 3.8) is 0 Å². The third-order valence-electron chi connectivity index (χ3n) is 4.14. The second kappa shape index (κ2) is 8.97. The second-order valence-corrected chi connectivity index (χ2v) is 8.03. The molecule has 0 atom stereocenters. The SMILES string of the molecule is Cc1occc1-c1nnc(SCC(=O)NNC(=O)c2cccs2)n1-c1ccccc1. The van der Waals surface area contributed by atoms with Crippen molar-refractivity contribution in [2.24, 2.45) is 0 Å². The molecule has 3 heterocycles. The molecule has 2 amide bonds. The van der Waals surface area contributed by atoms with E-state index in [2.05, 4.69) is 21.0 Å². The maximum absolute atomic E-state index is 12.2. The van der Waals surface area contributed by atoms with Gasteiger partial charge in [-0.2, -0.15) is 0 Å². The van der Waals surface area contributed by atoms with Crippen LogP contribution in [0.4, 0.5) is 0 Å². The maximum atomic E-state index is 12.2. The van der Waals surface area contributed by atoms with Gasteiger partial charge in [-0.25, -0.2) is 0 Å². The minimum Gasteiger partial charge on any atom is -0.469 e. The number of hydrazine groups is 1. The smallest absolute Gasteiger partial charge is 0.279 e. The molecule has 0 aliphatic carbocycles. The molecule has 0 unspecified atom stereocenters. The summed E-state index contributed by atoms with van der Waals surface area (Å²) in [5.41, 5.74) is 6.52. The van der Waals surface area contributed by atoms with Crippen LogP contribution < -0.4 is 10.9 Å². The number of carbonyl (C=O) groups is 2. The average molecular weight is 440 g/mol. The Morgan fingerprint density at radius 1 is 1.10 bits per heavy atom. The van der Waals surface area contributed by atoms with Gasteiger partial charge in [-0.05, 0) is 36.6 Å². The lowest BCUT2D eigenvalue weighted by Gasteiger charge is -2.10. The van der Waals surface area contributed by atoms with Gasteiger partial charge in [-0.3, -0.25) is 25.0 Å². The van der Waals surface area contributed by atoms with Crippen molar-refractivity contribution in [1.29, 1.82) is 0 Å². The van der Waals surface area contributed by atoms with Gasteiger partial charge in [0.05, 0.1) is 22.5 Å². The molecule has 0 saturated carbocycles. The van der Waals surface area contributed by atoms with Gasteiger partial charge in [0, 0.05) is 5.69 Å². The van der Waals surface area contributed by atoms with Crippen molar-refractivity contribution >= 4 is 34.9 Å². The van der Waals surface area contributed by atoms with E-state index < -0.39 is 0 Å². The molecule has 0 saturated heterocycles. The minimum absolute atomic E-state index is 0.0556. The first-order chi connectivity index (χ1) is 14.6. The lowest BCUT2D eigenvalue weighted by atomic mass is 10.2. The summed E-state index contributed by atoms with van der Waals surface area (Å²) >= 11 is 2.52. The quantitative estimate of drug-likeness (QED) is 0.352. The van der Waals surface area contributed by atoms with Crippen molar-refractivity contribution in [2.75, 3.05) is 5.75 Å². The van der Waals surface area contributed by atoms with Gasteiger partial charge in [0.15, 0.2) is 11.0 Å². The number of nitrogens with one attached hydrogen (secondary N) is 2. The molecule has 0 spiro atoms. The normalized spacial score (nSPS) is 10.7. The topological polar surface area (TPSA) is 102 Å². The Morgan fingerprint density at radius 3 is 2.63 bits per heavy atom. The summed E-state index contributed by atoms with van der Waals surface area (Å²) < 4.78 is 7.29. The van der Waals surface area contributed by atoms with Crippen LogP contribution in [0.5, 0.6) is 0 Å². The van der Waals surface area contributed by atoms with Crippen LogP contribution in [-0.4, -0.2) is 32.3 Å². The lowest BCUT2D eigenvalue weighted by molar-refractivity contribution is -0.119. The second-order valence-electron chi connectivity index (χ2n) is 6.14. The molecule has 30 heavy (non-hydrogen) atoms. The monoisotopic (exact) mass is 439 g/mol. The number of thioether (sulfide) groups is 1. The number of hydrogen-bond acceptors (Lipinski definition) is 7. The summed E-state index contributed by atoms with van der Waals surface area (Å²) in [6.07, 6.45) is 1.60. The van der Waals surface area contributed by atoms with E-state index in [9.17, 15) is 9.59 Å². The van der Waals surface area contributed by atoms with E-state index in [0.29, 0.717) is 15.9 Å². The largest absolute Gasteiger partial charge is 0.469 e. The number of hydrogen-bond donors (Lipinski definition) is 2. The third kappa shape index (κ3) is 4.29. The average Bonchev–Trinajstić information content (AvgIpc) is 3.51. The Labute approximate surface area is 180 Å². The van der Waals surface area contributed by atoms with Crippen molar-refractivity contribution < 1.29 is 14.0 Å². The molecule has 10 heteroatoms. The van der Waals surface area contributed by atoms with Crippen LogP contribution in [0.2, 0.25) is 0 Å². The van der Waals surface area contributed by atoms with Crippen LogP contribution in [0, 0.1) is 6.92 Å². The molecule has 1 aromatic carbocycles. The van der Waals surface area contributed by atoms with Crippen LogP contribution in [0.25, 0.3) is 17.1 Å². The molecule has 0 radical (unpaired) electrons. The maximum Gasteiger partial charge on any atom is 0.279 e. The van der Waals surface area contributed by atoms with Gasteiger partial charge in [-0.15, -0.1) is 21.5 Å². The minimum atomic E-state index is -0.353. The number of aryl methyl sites for hydroxylation is 1. The molecule has 0 aliphatic rings. The highest BCUT2D eigenvalue weighted by Gasteiger charge is 2.19. The molecule has 0 bridgehead atoms. The Balaban J connectivity index is 1.49. The molecular weight excluding hydrogens is 422 g/mol. The molecule has 0 fully saturated rings. The van der Waals surface area contributed by atoms with E-state index in [1.54, 1.807) is 23.8 Å². The summed E-state index contributed by atoms with van der Waals surface area (Å²) in [5.74, 6) is 0.702. The molecule has 152 valence electrons. The summed E-state index contributed by atoms with van der Waals surface area (Å²) in [5, 5.41) is 10.9. The zero-order valence-electron chi connectivity index (χ0n) is 15.9. The molecular formula is C20H17N5O3S2. The van der Waals surface area contributed by atoms with E-state index >= 15 is 0 Å². The molecule has 3 aromatic heterocycles. The summed E-state index contributed by atoms with van der Waals surface area (Å²) in [4.78, 5) is 24.7. The first kappa shape index (κ1) is 19.9. The number of para-hydroxylation sites is 1. The van der Waals surface area contributed by atoms with Crippen LogP contribution >= 0.6 is 23.1 Å². The van der Waals surface area contributed by atoms with Crippen LogP contribution in [0.3, 0.4) is 0 Å². The van der Waals surface area contributed by atoms with Crippen molar-refractivity contribution in [1.82, 2.24) is 25.6 Å². The fourth-order valence-electron chi connectivity index (χ4n) is 2.73. The number of benzene rings is 1. The highest BCUT2D eigenvalue weighted by atomic mass is 32.2. The highest BCUT2D eigenvalue weighted by molar-refractivity contribution is 7.99. The Morgan fingerprint density at radius 2 is 1.93 bits per heavy atom. The van der Waals surface area contributed by atoms with Crippen molar-refractivity contribution in [2.45, 2.75) is 12.1 Å². The van der Waals surface area contributed by atoms with Crippen molar-refractivity contribution in [3.8, 4) is 17.1 Å². The summed E-state index contributed by atoms with van der Waals surface area (Å²) in [6.45, 7) is 1.86. The summed E-state index contributed by atoms with van der Waals surface area (Å²) in [7, 11) is 0. The fraction of sp³-hybridized carbons (Fsp3) is 0.100. The molecule has 4 aromatic rings. The van der Waals surface area contributed by atoms with Crippen LogP contribution in [0.1, 0.15) is 15.4 Å². The standard InChI is InChI=1S/C20H17N5O3S2/c1-13-15(9-10-28-13)18-22-24-20(25(18)14-6-3-2-4-7-14)30-12-17(26)21-23-19(27)16-8-5-11-29-16/h2-11H,12H2,1H3,(H,21,26)(H,23,27). The Kier molecular flexibility index (Phi) is 5.96. The number of carbonyl (C=O) groups excluding carboxylic acids is 2. The van der Waals surface area contributed by atoms with E-state index in [1.165, 1.54) is 23.1 Å². The predicted molar refractivity (Wildman–Crippen MR) is 114 cm³/mol. The third-order valence-corrected chi connectivity index (χ3v) is 5.94. The number of nitrogens with zero attached hydrogens (tertiary/aromatic N) is 3. The van der Waals surface area contributed by atoms with E-state index in [1.807, 2.05) is 47.9 Å². The van der Waals surface area contributed by atoms with Crippen molar-refractivity contribution in [3.05, 3.63) is 70.8 Å². The van der Waals surface area contributed by atoms with Gasteiger partial charge >= 0.3 is 0 Å². The number of rotatable bonds is 6. The van der Waals surface area contributed by atoms with E-state index in [-0.39, 0.29) is 17.6 Å². The van der Waals surface area contributed by atoms with Gasteiger partial charge in [0.25, 0.3) is 5.91 Å². The first-order valence-electron chi connectivity index (χ1n) is 8.94. The van der Waals surface area contributed by atoms with E-state index in [0.717, 1.165) is 17.0 Å². The number of thiophene rings is 1. The molecule has 8 nitrogen and oxygen atoms in total. The Bertz CT molecular complexity index is 1150. The molecule has 0 aliphatic heterocycles. The van der Waals surface area contributed by atoms with E-state index in [4.69, 9.17) is 4.42 Å². The lowest BCUT2D eigenvalue weighted by Crippen LogP contribution is -2.42. The highest BCUT2D eigenvalue weighted by Crippen LogP contribution is 2.30.